The molecule has 3 aromatic rings. The number of methoxy groups -OCH3 is 3. The number of para-hydroxylation sites is 2. The van der Waals surface area contributed by atoms with E-state index in [9.17, 15) is 0 Å². The number of fused-ring (bicyclic) bond motifs is 1. The van der Waals surface area contributed by atoms with Crippen LogP contribution in [0, 0.1) is 0 Å². The summed E-state index contributed by atoms with van der Waals surface area (Å²) in [6.45, 7) is 0.765. The van der Waals surface area contributed by atoms with Gasteiger partial charge >= 0.3 is 0 Å². The Morgan fingerprint density at radius 1 is 1.00 bits per heavy atom. The molecule has 1 aliphatic heterocycles. The van der Waals surface area contributed by atoms with E-state index < -0.39 is 0 Å². The molecule has 26 heavy (non-hydrogen) atoms. The topological polar surface area (TPSA) is 80.4 Å². The van der Waals surface area contributed by atoms with Gasteiger partial charge in [-0.25, -0.2) is 10.4 Å². The molecule has 0 amide bonds. The van der Waals surface area contributed by atoms with Gasteiger partial charge in [-0.3, -0.25) is 5.43 Å². The molecule has 0 bridgehead atoms. The highest BCUT2D eigenvalue weighted by atomic mass is 16.5. The third-order valence-electron chi connectivity index (χ3n) is 4.79. The quantitative estimate of drug-likeness (QED) is 0.653. The number of ether oxygens (including phenoxy) is 3. The number of hydrogen-bond acceptors (Lipinski definition) is 6. The molecule has 136 valence electrons. The minimum atomic E-state index is 0.0178. The molecule has 2 atom stereocenters. The first-order chi connectivity index (χ1) is 12.7. The number of benzene rings is 2. The minimum absolute atomic E-state index is 0.0178. The zero-order valence-electron chi connectivity index (χ0n) is 15.0. The van der Waals surface area contributed by atoms with Gasteiger partial charge in [-0.15, -0.1) is 0 Å². The lowest BCUT2D eigenvalue weighted by Crippen LogP contribution is -2.25. The van der Waals surface area contributed by atoms with Crippen molar-refractivity contribution in [2.45, 2.75) is 12.0 Å². The van der Waals surface area contributed by atoms with E-state index in [-0.39, 0.29) is 12.0 Å². The molecule has 0 aliphatic carbocycles. The minimum Gasteiger partial charge on any atom is -0.493 e. The average Bonchev–Trinajstić information content (AvgIpc) is 3.33. The Labute approximate surface area is 151 Å². The zero-order chi connectivity index (χ0) is 18.1. The first-order valence-electron chi connectivity index (χ1n) is 8.48. The summed E-state index contributed by atoms with van der Waals surface area (Å²) in [5.41, 5.74) is 9.64. The standard InChI is InChI=1S/C19H22N4O3/c1-24-15-8-11(9-16(25-2)18(15)26-3)17-12(10-20-23-17)19-21-13-6-4-5-7-14(13)22-19/h4-9,12,17,20,23H,10H2,1-3H3,(H,21,22). The maximum absolute atomic E-state index is 5.49. The molecule has 1 fully saturated rings. The fourth-order valence-electron chi connectivity index (χ4n) is 3.50. The molecule has 0 spiro atoms. The molecule has 7 heteroatoms. The lowest BCUT2D eigenvalue weighted by Gasteiger charge is -2.20. The maximum atomic E-state index is 5.49. The smallest absolute Gasteiger partial charge is 0.203 e. The van der Waals surface area contributed by atoms with Gasteiger partial charge in [-0.2, -0.15) is 0 Å². The molecule has 1 aliphatic rings. The van der Waals surface area contributed by atoms with Crippen LogP contribution in [0.5, 0.6) is 17.2 Å². The first kappa shape index (κ1) is 16.7. The highest BCUT2D eigenvalue weighted by Gasteiger charge is 2.33. The Balaban J connectivity index is 1.74. The van der Waals surface area contributed by atoms with E-state index in [2.05, 4.69) is 15.8 Å². The third-order valence-corrected chi connectivity index (χ3v) is 4.79. The molecule has 2 unspecified atom stereocenters. The zero-order valence-corrected chi connectivity index (χ0v) is 15.0. The van der Waals surface area contributed by atoms with Gasteiger partial charge in [0.15, 0.2) is 11.5 Å². The van der Waals surface area contributed by atoms with Crippen LogP contribution >= 0.6 is 0 Å². The van der Waals surface area contributed by atoms with Crippen LogP contribution in [0.3, 0.4) is 0 Å². The Hall–Kier alpha value is -2.77. The number of hydrazine groups is 1. The van der Waals surface area contributed by atoms with Gasteiger partial charge in [-0.05, 0) is 29.8 Å². The summed E-state index contributed by atoms with van der Waals surface area (Å²) in [4.78, 5) is 8.21. The van der Waals surface area contributed by atoms with E-state index in [4.69, 9.17) is 19.2 Å². The molecule has 2 aromatic carbocycles. The van der Waals surface area contributed by atoms with Crippen molar-refractivity contribution in [3.8, 4) is 17.2 Å². The van der Waals surface area contributed by atoms with Crippen molar-refractivity contribution in [1.29, 1.82) is 0 Å². The summed E-state index contributed by atoms with van der Waals surface area (Å²) in [5.74, 6) is 2.95. The van der Waals surface area contributed by atoms with Crippen molar-refractivity contribution >= 4 is 11.0 Å². The lowest BCUT2D eigenvalue weighted by atomic mass is 9.93. The van der Waals surface area contributed by atoms with Gasteiger partial charge in [0.1, 0.15) is 5.82 Å². The van der Waals surface area contributed by atoms with E-state index in [1.165, 1.54) is 0 Å². The van der Waals surface area contributed by atoms with Gasteiger partial charge in [0.2, 0.25) is 5.75 Å². The number of nitrogens with one attached hydrogen (secondary N) is 3. The number of H-pyrrole nitrogens is 1. The Bertz CT molecular complexity index is 866. The predicted molar refractivity (Wildman–Crippen MR) is 98.8 cm³/mol. The number of aromatic nitrogens is 2. The van der Waals surface area contributed by atoms with E-state index in [0.29, 0.717) is 17.2 Å². The molecule has 1 saturated heterocycles. The average molecular weight is 354 g/mol. The maximum Gasteiger partial charge on any atom is 0.203 e. The van der Waals surface area contributed by atoms with E-state index in [0.717, 1.165) is 29.0 Å². The molecule has 1 aromatic heterocycles. The highest BCUT2D eigenvalue weighted by Crippen LogP contribution is 2.42. The van der Waals surface area contributed by atoms with E-state index in [1.54, 1.807) is 21.3 Å². The van der Waals surface area contributed by atoms with Crippen LogP contribution in [0.1, 0.15) is 23.3 Å². The summed E-state index contributed by atoms with van der Waals surface area (Å²) in [6, 6.07) is 12.0. The van der Waals surface area contributed by atoms with Gasteiger partial charge in [0, 0.05) is 6.54 Å². The molecule has 0 radical (unpaired) electrons. The fourth-order valence-corrected chi connectivity index (χ4v) is 3.50. The molecular formula is C19H22N4O3. The summed E-state index contributed by atoms with van der Waals surface area (Å²) >= 11 is 0. The molecule has 4 rings (SSSR count). The number of imidazole rings is 1. The Kier molecular flexibility index (Phi) is 4.40. The third kappa shape index (κ3) is 2.75. The van der Waals surface area contributed by atoms with Gasteiger partial charge in [0.25, 0.3) is 0 Å². The van der Waals surface area contributed by atoms with Crippen LogP contribution < -0.4 is 25.1 Å². The Morgan fingerprint density at radius 3 is 2.38 bits per heavy atom. The number of nitrogens with zero attached hydrogens (tertiary/aromatic N) is 1. The molecule has 2 heterocycles. The second kappa shape index (κ2) is 6.86. The van der Waals surface area contributed by atoms with Crippen molar-refractivity contribution in [1.82, 2.24) is 20.8 Å². The van der Waals surface area contributed by atoms with E-state index in [1.807, 2.05) is 36.4 Å². The van der Waals surface area contributed by atoms with Gasteiger partial charge in [-0.1, -0.05) is 12.1 Å². The number of hydrogen-bond donors (Lipinski definition) is 3. The van der Waals surface area contributed by atoms with Crippen molar-refractivity contribution in [2.24, 2.45) is 0 Å². The summed E-state index contributed by atoms with van der Waals surface area (Å²) in [7, 11) is 4.85. The van der Waals surface area contributed by atoms with Crippen LogP contribution in [-0.2, 0) is 0 Å². The molecule has 3 N–H and O–H groups in total. The molecule has 0 saturated carbocycles. The molecule has 7 nitrogen and oxygen atoms in total. The van der Waals surface area contributed by atoms with Gasteiger partial charge < -0.3 is 19.2 Å². The Morgan fingerprint density at radius 2 is 1.73 bits per heavy atom. The van der Waals surface area contributed by atoms with Crippen LogP contribution in [0.4, 0.5) is 0 Å². The van der Waals surface area contributed by atoms with Gasteiger partial charge in [0.05, 0.1) is 44.3 Å². The van der Waals surface area contributed by atoms with Crippen molar-refractivity contribution in [2.75, 3.05) is 27.9 Å². The largest absolute Gasteiger partial charge is 0.493 e. The van der Waals surface area contributed by atoms with Crippen LogP contribution in [-0.4, -0.2) is 37.8 Å². The van der Waals surface area contributed by atoms with E-state index >= 15 is 0 Å². The fraction of sp³-hybridized carbons (Fsp3) is 0.316. The van der Waals surface area contributed by atoms with Crippen molar-refractivity contribution in [3.63, 3.8) is 0 Å². The first-order valence-corrected chi connectivity index (χ1v) is 8.48. The second-order valence-electron chi connectivity index (χ2n) is 6.21. The van der Waals surface area contributed by atoms with Crippen LogP contribution in [0.2, 0.25) is 0 Å². The SMILES string of the molecule is COc1cc(C2NNCC2c2nc3ccccc3[nH]2)cc(OC)c1OC. The van der Waals surface area contributed by atoms with Crippen molar-refractivity contribution in [3.05, 3.63) is 47.8 Å². The lowest BCUT2D eigenvalue weighted by molar-refractivity contribution is 0.323. The monoisotopic (exact) mass is 354 g/mol. The predicted octanol–water partition coefficient (Wildman–Crippen LogP) is 2.52. The number of rotatable bonds is 5. The summed E-state index contributed by atoms with van der Waals surface area (Å²) in [6.07, 6.45) is 0. The summed E-state index contributed by atoms with van der Waals surface area (Å²) in [5, 5.41) is 0. The summed E-state index contributed by atoms with van der Waals surface area (Å²) < 4.78 is 16.4. The van der Waals surface area contributed by atoms with Crippen molar-refractivity contribution < 1.29 is 14.2 Å². The molecular weight excluding hydrogens is 332 g/mol. The number of aromatic amines is 1. The highest BCUT2D eigenvalue weighted by molar-refractivity contribution is 5.74. The van der Waals surface area contributed by atoms with Crippen LogP contribution in [0.15, 0.2) is 36.4 Å². The normalized spacial score (nSPS) is 19.7. The van der Waals surface area contributed by atoms with Crippen LogP contribution in [0.25, 0.3) is 11.0 Å². The second-order valence-corrected chi connectivity index (χ2v) is 6.21.